The molecule has 0 saturated carbocycles. The Labute approximate surface area is 104 Å². The van der Waals surface area contributed by atoms with Gasteiger partial charge in [0.25, 0.3) is 5.82 Å². The maximum atomic E-state index is 3.61. The average Bonchev–Trinajstić information content (AvgIpc) is 2.71. The summed E-state index contributed by atoms with van der Waals surface area (Å²) in [6, 6.07) is 8.62. The van der Waals surface area contributed by atoms with Crippen LogP contribution >= 0.6 is 0 Å². The molecule has 0 saturated heterocycles. The van der Waals surface area contributed by atoms with E-state index in [0.29, 0.717) is 5.92 Å². The van der Waals surface area contributed by atoms with Gasteiger partial charge in [0.2, 0.25) is 0 Å². The minimum Gasteiger partial charge on any atom is -0.241 e. The van der Waals surface area contributed by atoms with E-state index in [-0.39, 0.29) is 0 Å². The van der Waals surface area contributed by atoms with E-state index in [9.17, 15) is 0 Å². The summed E-state index contributed by atoms with van der Waals surface area (Å²) in [6.45, 7) is 7.90. The Bertz CT molecular complexity index is 481. The first-order valence-electron chi connectivity index (χ1n) is 6.82. The lowest BCUT2D eigenvalue weighted by Crippen LogP contribution is -2.38. The molecule has 0 amide bonds. The molecule has 0 aliphatic rings. The van der Waals surface area contributed by atoms with E-state index in [2.05, 4.69) is 54.6 Å². The maximum absolute atomic E-state index is 3.61. The van der Waals surface area contributed by atoms with Gasteiger partial charge in [-0.1, -0.05) is 32.9 Å². The molecular formula is C15H23N2+. The molecule has 2 aromatic rings. The number of rotatable bonds is 5. The van der Waals surface area contributed by atoms with Gasteiger partial charge in [0.1, 0.15) is 0 Å². The molecule has 1 heterocycles. The summed E-state index contributed by atoms with van der Waals surface area (Å²) in [6.07, 6.45) is 3.58. The summed E-state index contributed by atoms with van der Waals surface area (Å²) in [4.78, 5) is 3.61. The summed E-state index contributed by atoms with van der Waals surface area (Å²) in [5.74, 6) is 2.05. The number of aromatic nitrogens is 2. The van der Waals surface area contributed by atoms with E-state index in [1.54, 1.807) is 0 Å². The molecule has 0 bridgehead atoms. The Morgan fingerprint density at radius 3 is 2.47 bits per heavy atom. The number of nitrogens with zero attached hydrogens (tertiary/aromatic N) is 1. The van der Waals surface area contributed by atoms with Crippen molar-refractivity contribution in [1.82, 2.24) is 4.98 Å². The number of hydrogen-bond acceptors (Lipinski definition) is 0. The van der Waals surface area contributed by atoms with Gasteiger partial charge in [-0.2, -0.15) is 0 Å². The van der Waals surface area contributed by atoms with Gasteiger partial charge in [0.15, 0.2) is 11.0 Å². The molecule has 0 spiro atoms. The Balaban J connectivity index is 2.56. The highest BCUT2D eigenvalue weighted by Gasteiger charge is 2.23. The van der Waals surface area contributed by atoms with E-state index in [4.69, 9.17) is 0 Å². The van der Waals surface area contributed by atoms with Crippen LogP contribution in [0.3, 0.4) is 0 Å². The van der Waals surface area contributed by atoms with Crippen molar-refractivity contribution in [2.75, 3.05) is 0 Å². The molecule has 0 unspecified atom stereocenters. The maximum Gasteiger partial charge on any atom is 0.258 e. The fourth-order valence-electron chi connectivity index (χ4n) is 2.61. The van der Waals surface area contributed by atoms with Crippen LogP contribution in [0.4, 0.5) is 0 Å². The number of aromatic amines is 1. The molecule has 0 atom stereocenters. The summed E-state index contributed by atoms with van der Waals surface area (Å²) >= 11 is 0. The number of imidazole rings is 1. The highest BCUT2D eigenvalue weighted by Crippen LogP contribution is 2.21. The van der Waals surface area contributed by atoms with E-state index >= 15 is 0 Å². The van der Waals surface area contributed by atoms with Crippen LogP contribution in [0.5, 0.6) is 0 Å². The Kier molecular flexibility index (Phi) is 3.82. The van der Waals surface area contributed by atoms with Crippen LogP contribution in [-0.2, 0) is 6.54 Å². The van der Waals surface area contributed by atoms with Crippen LogP contribution in [0.25, 0.3) is 11.0 Å². The van der Waals surface area contributed by atoms with E-state index in [1.165, 1.54) is 36.1 Å². The molecule has 1 aromatic heterocycles. The van der Waals surface area contributed by atoms with Crippen LogP contribution in [0.2, 0.25) is 0 Å². The molecule has 0 aliphatic carbocycles. The molecule has 0 radical (unpaired) electrons. The van der Waals surface area contributed by atoms with E-state index in [1.807, 2.05) is 0 Å². The lowest BCUT2D eigenvalue weighted by atomic mass is 10.0. The zero-order chi connectivity index (χ0) is 12.3. The molecule has 1 N–H and O–H groups in total. The van der Waals surface area contributed by atoms with Crippen LogP contribution in [0.1, 0.15) is 51.8 Å². The standard InChI is InChI=1S/C15H22N2/c1-4-11-17-14-10-8-7-9-13(14)16-15(17)12(5-2)6-3/h7-10,12H,4-6,11H2,1-3H3/p+1. The predicted octanol–water partition coefficient (Wildman–Crippen LogP) is 3.77. The quantitative estimate of drug-likeness (QED) is 0.756. The van der Waals surface area contributed by atoms with Gasteiger partial charge in [-0.05, 0) is 31.4 Å². The van der Waals surface area contributed by atoms with Crippen LogP contribution in [-0.4, -0.2) is 4.98 Å². The van der Waals surface area contributed by atoms with E-state index < -0.39 is 0 Å². The van der Waals surface area contributed by atoms with Crippen LogP contribution < -0.4 is 4.57 Å². The molecule has 2 rings (SSSR count). The van der Waals surface area contributed by atoms with Crippen molar-refractivity contribution in [3.8, 4) is 0 Å². The number of H-pyrrole nitrogens is 1. The SMILES string of the molecule is CCC[n+]1c(C(CC)CC)[nH]c2ccccc21. The first-order chi connectivity index (χ1) is 8.31. The van der Waals surface area contributed by atoms with Crippen molar-refractivity contribution < 1.29 is 4.57 Å². The van der Waals surface area contributed by atoms with E-state index in [0.717, 1.165) is 6.54 Å². The summed E-state index contributed by atoms with van der Waals surface area (Å²) < 4.78 is 2.47. The zero-order valence-corrected chi connectivity index (χ0v) is 11.2. The van der Waals surface area contributed by atoms with Crippen LogP contribution in [0.15, 0.2) is 24.3 Å². The lowest BCUT2D eigenvalue weighted by molar-refractivity contribution is -0.680. The third-order valence-corrected chi connectivity index (χ3v) is 3.57. The number of aryl methyl sites for hydroxylation is 1. The van der Waals surface area contributed by atoms with Gasteiger partial charge < -0.3 is 0 Å². The van der Waals surface area contributed by atoms with Crippen LogP contribution in [0, 0.1) is 0 Å². The first kappa shape index (κ1) is 12.2. The first-order valence-corrected chi connectivity index (χ1v) is 6.82. The van der Waals surface area contributed by atoms with Gasteiger partial charge in [-0.3, -0.25) is 0 Å². The van der Waals surface area contributed by atoms with Crippen molar-refractivity contribution in [3.63, 3.8) is 0 Å². The number of para-hydroxylation sites is 2. The summed E-state index contributed by atoms with van der Waals surface area (Å²) in [5, 5.41) is 0. The molecule has 2 nitrogen and oxygen atoms in total. The molecule has 0 aliphatic heterocycles. The largest absolute Gasteiger partial charge is 0.258 e. The van der Waals surface area contributed by atoms with Gasteiger partial charge in [0.05, 0.1) is 12.5 Å². The Morgan fingerprint density at radius 1 is 1.12 bits per heavy atom. The fourth-order valence-corrected chi connectivity index (χ4v) is 2.61. The number of fused-ring (bicyclic) bond motifs is 1. The molecular weight excluding hydrogens is 208 g/mol. The number of nitrogens with one attached hydrogen (secondary N) is 1. The smallest absolute Gasteiger partial charge is 0.241 e. The minimum atomic E-state index is 0.647. The average molecular weight is 231 g/mol. The molecule has 0 fully saturated rings. The summed E-state index contributed by atoms with van der Waals surface area (Å²) in [5.41, 5.74) is 2.61. The molecule has 92 valence electrons. The molecule has 17 heavy (non-hydrogen) atoms. The second kappa shape index (κ2) is 5.35. The second-order valence-electron chi connectivity index (χ2n) is 4.69. The zero-order valence-electron chi connectivity index (χ0n) is 11.2. The molecule has 1 aromatic carbocycles. The van der Waals surface area contributed by atoms with Gasteiger partial charge in [-0.15, -0.1) is 0 Å². The van der Waals surface area contributed by atoms with Crippen molar-refractivity contribution >= 4 is 11.0 Å². The number of hydrogen-bond donors (Lipinski definition) is 1. The lowest BCUT2D eigenvalue weighted by Gasteiger charge is -2.08. The topological polar surface area (TPSA) is 19.7 Å². The predicted molar refractivity (Wildman–Crippen MR) is 72.1 cm³/mol. The van der Waals surface area contributed by atoms with Gasteiger partial charge >= 0.3 is 0 Å². The monoisotopic (exact) mass is 231 g/mol. The Morgan fingerprint density at radius 2 is 1.82 bits per heavy atom. The van der Waals surface area contributed by atoms with Crippen molar-refractivity contribution in [1.29, 1.82) is 0 Å². The highest BCUT2D eigenvalue weighted by molar-refractivity contribution is 5.71. The minimum absolute atomic E-state index is 0.647. The third kappa shape index (κ3) is 2.21. The van der Waals surface area contributed by atoms with Crippen molar-refractivity contribution in [2.24, 2.45) is 0 Å². The van der Waals surface area contributed by atoms with Crippen molar-refractivity contribution in [3.05, 3.63) is 30.1 Å². The molecule has 2 heteroatoms. The van der Waals surface area contributed by atoms with Crippen molar-refractivity contribution in [2.45, 2.75) is 52.5 Å². The van der Waals surface area contributed by atoms with Gasteiger partial charge in [-0.25, -0.2) is 9.55 Å². The normalized spacial score (nSPS) is 11.5. The summed E-state index contributed by atoms with van der Waals surface area (Å²) in [7, 11) is 0. The number of benzene rings is 1. The van der Waals surface area contributed by atoms with Gasteiger partial charge in [0, 0.05) is 0 Å². The Hall–Kier alpha value is -1.31. The third-order valence-electron chi connectivity index (χ3n) is 3.57. The highest BCUT2D eigenvalue weighted by atomic mass is 15.1. The fraction of sp³-hybridized carbons (Fsp3) is 0.533. The second-order valence-corrected chi connectivity index (χ2v) is 4.69.